The summed E-state index contributed by atoms with van der Waals surface area (Å²) in [7, 11) is -3.61. The fraction of sp³-hybridized carbons (Fsp3) is 0.294. The Balaban J connectivity index is 1.48. The Morgan fingerprint density at radius 3 is 2.76 bits per heavy atom. The summed E-state index contributed by atoms with van der Waals surface area (Å²) in [4.78, 5) is 14.5. The summed E-state index contributed by atoms with van der Waals surface area (Å²) in [6, 6.07) is 8.01. The van der Waals surface area contributed by atoms with E-state index in [2.05, 4.69) is 20.7 Å². The van der Waals surface area contributed by atoms with Crippen LogP contribution >= 0.6 is 22.9 Å². The van der Waals surface area contributed by atoms with Gasteiger partial charge in [0, 0.05) is 13.1 Å². The van der Waals surface area contributed by atoms with Crippen LogP contribution in [0.4, 0.5) is 5.69 Å². The van der Waals surface area contributed by atoms with Gasteiger partial charge < -0.3 is 5.32 Å². The summed E-state index contributed by atoms with van der Waals surface area (Å²) >= 11 is 7.62. The van der Waals surface area contributed by atoms with Crippen molar-refractivity contribution in [1.29, 1.82) is 0 Å². The molecule has 4 rings (SSSR count). The number of benzene rings is 1. The first kappa shape index (κ1) is 20.0. The van der Waals surface area contributed by atoms with Crippen LogP contribution in [0.3, 0.4) is 0 Å². The van der Waals surface area contributed by atoms with Crippen LogP contribution < -0.4 is 5.32 Å². The van der Waals surface area contributed by atoms with Crippen LogP contribution in [-0.4, -0.2) is 51.9 Å². The van der Waals surface area contributed by atoms with Crippen molar-refractivity contribution in [1.82, 2.24) is 24.5 Å². The molecule has 1 aliphatic heterocycles. The second-order valence-corrected chi connectivity index (χ2v) is 9.71. The Morgan fingerprint density at radius 2 is 2.03 bits per heavy atom. The smallest absolute Gasteiger partial charge is 0.248 e. The van der Waals surface area contributed by atoms with Crippen LogP contribution in [0.2, 0.25) is 5.02 Å². The molecular formula is C17H17ClN6O3S2. The molecule has 0 unspecified atom stereocenters. The molecule has 2 aromatic heterocycles. The molecule has 1 N–H and O–H groups in total. The second kappa shape index (κ2) is 8.19. The van der Waals surface area contributed by atoms with Crippen LogP contribution in [0.1, 0.15) is 12.8 Å². The predicted molar refractivity (Wildman–Crippen MR) is 109 cm³/mol. The Kier molecular flexibility index (Phi) is 5.63. The summed E-state index contributed by atoms with van der Waals surface area (Å²) < 4.78 is 26.9. The molecule has 0 radical (unpaired) electrons. The number of anilines is 1. The molecule has 3 aromatic rings. The third-order valence-corrected chi connectivity index (χ3v) is 7.48. The number of nitrogens with one attached hydrogen (secondary N) is 1. The molecule has 9 nitrogen and oxygen atoms in total. The molecule has 0 spiro atoms. The number of amides is 1. The van der Waals surface area contributed by atoms with Crippen molar-refractivity contribution in [3.63, 3.8) is 0 Å². The van der Waals surface area contributed by atoms with Gasteiger partial charge >= 0.3 is 0 Å². The van der Waals surface area contributed by atoms with Crippen molar-refractivity contribution in [2.75, 3.05) is 18.4 Å². The van der Waals surface area contributed by atoms with Gasteiger partial charge in [-0.05, 0) is 47.7 Å². The minimum atomic E-state index is -3.61. The highest BCUT2D eigenvalue weighted by atomic mass is 35.5. The Morgan fingerprint density at radius 1 is 1.24 bits per heavy atom. The Labute approximate surface area is 176 Å². The molecule has 0 bridgehead atoms. The van der Waals surface area contributed by atoms with Crippen LogP contribution in [0.25, 0.3) is 10.7 Å². The molecule has 0 atom stereocenters. The summed E-state index contributed by atoms with van der Waals surface area (Å²) in [5.74, 6) is -0.0118. The largest absolute Gasteiger partial charge is 0.323 e. The molecule has 1 fully saturated rings. The fourth-order valence-electron chi connectivity index (χ4n) is 2.97. The van der Waals surface area contributed by atoms with Gasteiger partial charge in [-0.1, -0.05) is 17.7 Å². The number of halogens is 1. The minimum Gasteiger partial charge on any atom is -0.323 e. The fourth-order valence-corrected chi connectivity index (χ4v) is 5.33. The van der Waals surface area contributed by atoms with E-state index in [1.54, 1.807) is 0 Å². The molecule has 29 heavy (non-hydrogen) atoms. The second-order valence-electron chi connectivity index (χ2n) is 6.42. The lowest BCUT2D eigenvalue weighted by atomic mass is 10.3. The van der Waals surface area contributed by atoms with E-state index < -0.39 is 15.9 Å². The molecule has 152 valence electrons. The van der Waals surface area contributed by atoms with Gasteiger partial charge in [-0.2, -0.15) is 9.10 Å². The van der Waals surface area contributed by atoms with Crippen molar-refractivity contribution < 1.29 is 13.2 Å². The first-order valence-corrected chi connectivity index (χ1v) is 11.5. The van der Waals surface area contributed by atoms with Crippen LogP contribution in [0.15, 0.2) is 40.6 Å². The van der Waals surface area contributed by atoms with E-state index in [0.717, 1.165) is 17.7 Å². The lowest BCUT2D eigenvalue weighted by Gasteiger charge is -2.16. The van der Waals surface area contributed by atoms with Crippen LogP contribution in [-0.2, 0) is 21.4 Å². The topological polar surface area (TPSA) is 110 Å². The van der Waals surface area contributed by atoms with E-state index in [9.17, 15) is 13.2 Å². The molecule has 0 saturated carbocycles. The van der Waals surface area contributed by atoms with Crippen LogP contribution in [0, 0.1) is 0 Å². The number of carbonyl (C=O) groups is 1. The van der Waals surface area contributed by atoms with Crippen molar-refractivity contribution in [2.24, 2.45) is 0 Å². The maximum atomic E-state index is 12.7. The number of hydrogen-bond acceptors (Lipinski definition) is 7. The number of rotatable bonds is 6. The third-order valence-electron chi connectivity index (χ3n) is 4.39. The van der Waals surface area contributed by atoms with E-state index in [4.69, 9.17) is 11.6 Å². The van der Waals surface area contributed by atoms with E-state index in [-0.39, 0.29) is 22.2 Å². The monoisotopic (exact) mass is 452 g/mol. The van der Waals surface area contributed by atoms with E-state index in [1.165, 1.54) is 38.6 Å². The van der Waals surface area contributed by atoms with Gasteiger partial charge in [0.1, 0.15) is 6.54 Å². The number of nitrogens with zero attached hydrogens (tertiary/aromatic N) is 5. The van der Waals surface area contributed by atoms with Gasteiger partial charge in [-0.25, -0.2) is 8.42 Å². The lowest BCUT2D eigenvalue weighted by Crippen LogP contribution is -2.28. The highest BCUT2D eigenvalue weighted by Crippen LogP contribution is 2.28. The highest BCUT2D eigenvalue weighted by molar-refractivity contribution is 7.89. The zero-order valence-electron chi connectivity index (χ0n) is 15.2. The van der Waals surface area contributed by atoms with Crippen LogP contribution in [0.5, 0.6) is 0 Å². The van der Waals surface area contributed by atoms with Gasteiger partial charge in [0.15, 0.2) is 0 Å². The van der Waals surface area contributed by atoms with Gasteiger partial charge in [-0.15, -0.1) is 21.5 Å². The van der Waals surface area contributed by atoms with Gasteiger partial charge in [0.05, 0.1) is 20.5 Å². The number of tetrazole rings is 1. The average Bonchev–Trinajstić information content (AvgIpc) is 3.45. The molecule has 1 saturated heterocycles. The molecule has 1 aromatic carbocycles. The number of carbonyl (C=O) groups excluding carboxylic acids is 1. The van der Waals surface area contributed by atoms with Crippen molar-refractivity contribution in [3.05, 3.63) is 40.7 Å². The van der Waals surface area contributed by atoms with Gasteiger partial charge in [0.2, 0.25) is 21.8 Å². The Hall–Kier alpha value is -2.34. The summed E-state index contributed by atoms with van der Waals surface area (Å²) in [6.45, 7) is 0.812. The average molecular weight is 453 g/mol. The predicted octanol–water partition coefficient (Wildman–Crippen LogP) is 2.48. The van der Waals surface area contributed by atoms with E-state index >= 15 is 0 Å². The number of aromatic nitrogens is 4. The number of hydrogen-bond donors (Lipinski definition) is 1. The van der Waals surface area contributed by atoms with Gasteiger partial charge in [0.25, 0.3) is 0 Å². The molecule has 12 heteroatoms. The van der Waals surface area contributed by atoms with Crippen molar-refractivity contribution in [3.8, 4) is 10.7 Å². The molecule has 1 aliphatic rings. The maximum absolute atomic E-state index is 12.7. The first-order valence-electron chi connectivity index (χ1n) is 8.85. The standard InChI is InChI=1S/C17H17ClN6O3S2/c18-13-6-5-12(29(26,27)23-7-1-2-8-23)10-14(13)19-16(25)11-24-21-17(20-22-24)15-4-3-9-28-15/h3-6,9-10H,1-2,7-8,11H2,(H,19,25). The van der Waals surface area contributed by atoms with E-state index in [1.807, 2.05) is 17.5 Å². The molecular weight excluding hydrogens is 436 g/mol. The summed E-state index contributed by atoms with van der Waals surface area (Å²) in [5, 5.41) is 16.7. The zero-order chi connectivity index (χ0) is 20.4. The third kappa shape index (κ3) is 4.32. The SMILES string of the molecule is O=C(Cn1nnc(-c2cccs2)n1)Nc1cc(S(=O)(=O)N2CCCC2)ccc1Cl. The lowest BCUT2D eigenvalue weighted by molar-refractivity contribution is -0.117. The first-order chi connectivity index (χ1) is 13.9. The molecule has 1 amide bonds. The maximum Gasteiger partial charge on any atom is 0.248 e. The van der Waals surface area contributed by atoms with Crippen molar-refractivity contribution in [2.45, 2.75) is 24.3 Å². The zero-order valence-corrected chi connectivity index (χ0v) is 17.5. The quantitative estimate of drug-likeness (QED) is 0.615. The molecule has 3 heterocycles. The van der Waals surface area contributed by atoms with Crippen molar-refractivity contribution >= 4 is 44.6 Å². The Bertz CT molecular complexity index is 1120. The molecule has 0 aliphatic carbocycles. The minimum absolute atomic E-state index is 0.0953. The highest BCUT2D eigenvalue weighted by Gasteiger charge is 2.27. The number of sulfonamides is 1. The number of thiophene rings is 1. The summed E-state index contributed by atoms with van der Waals surface area (Å²) in [5.41, 5.74) is 0.218. The summed E-state index contributed by atoms with van der Waals surface area (Å²) in [6.07, 6.45) is 1.68. The normalized spacial score (nSPS) is 14.9. The van der Waals surface area contributed by atoms with Gasteiger partial charge in [-0.3, -0.25) is 4.79 Å². The van der Waals surface area contributed by atoms with E-state index in [0.29, 0.717) is 18.9 Å².